The third-order valence-corrected chi connectivity index (χ3v) is 8.72. The fraction of sp³-hybridized carbons (Fsp3) is 0.367. The molecule has 0 bridgehead atoms. The Morgan fingerprint density at radius 1 is 1.00 bits per heavy atom. The van der Waals surface area contributed by atoms with Crippen molar-refractivity contribution in [3.8, 4) is 17.2 Å². The number of nitrogens with one attached hydrogen (secondary N) is 2. The average Bonchev–Trinajstić information content (AvgIpc) is 2.99. The van der Waals surface area contributed by atoms with E-state index in [1.54, 1.807) is 43.3 Å². The van der Waals surface area contributed by atoms with Gasteiger partial charge in [-0.25, -0.2) is 13.2 Å². The number of nitrogens with zero attached hydrogens (tertiary/aromatic N) is 1. The summed E-state index contributed by atoms with van der Waals surface area (Å²) in [5, 5.41) is 8.97. The van der Waals surface area contributed by atoms with Gasteiger partial charge in [-0.1, -0.05) is 18.2 Å². The molecule has 3 aromatic rings. The summed E-state index contributed by atoms with van der Waals surface area (Å²) in [7, 11) is -0.279. The van der Waals surface area contributed by atoms with Gasteiger partial charge in [0.05, 0.1) is 31.8 Å². The van der Waals surface area contributed by atoms with Gasteiger partial charge in [-0.3, -0.25) is 10.2 Å². The maximum atomic E-state index is 14.3. The number of hydrogen-bond donors (Lipinski definition) is 4. The van der Waals surface area contributed by atoms with Gasteiger partial charge in [-0.2, -0.15) is 0 Å². The zero-order valence-corrected chi connectivity index (χ0v) is 27.2. The van der Waals surface area contributed by atoms with Gasteiger partial charge in [-0.05, 0) is 72.5 Å². The Morgan fingerprint density at radius 3 is 2.27 bits per heavy atom. The van der Waals surface area contributed by atoms with E-state index in [1.807, 2.05) is 0 Å². The highest BCUT2D eigenvalue weighted by atomic mass is 35.5. The van der Waals surface area contributed by atoms with E-state index in [2.05, 4.69) is 5.32 Å². The van der Waals surface area contributed by atoms with Gasteiger partial charge in [0, 0.05) is 20.2 Å². The second kappa shape index (κ2) is 16.8. The van der Waals surface area contributed by atoms with Gasteiger partial charge >= 0.3 is 5.97 Å². The largest absolute Gasteiger partial charge is 0.493 e. The van der Waals surface area contributed by atoms with Crippen LogP contribution in [0.15, 0.2) is 59.5 Å². The van der Waals surface area contributed by atoms with Crippen molar-refractivity contribution < 1.29 is 37.0 Å². The van der Waals surface area contributed by atoms with Gasteiger partial charge in [0.1, 0.15) is 5.75 Å². The van der Waals surface area contributed by atoms with E-state index in [-0.39, 0.29) is 55.1 Å². The summed E-state index contributed by atoms with van der Waals surface area (Å²) in [5.74, 6) is -1.25. The number of aryl methyl sites for hydroxylation is 1. The molecule has 246 valence electrons. The first-order valence-electron chi connectivity index (χ1n) is 13.7. The van der Waals surface area contributed by atoms with E-state index in [9.17, 15) is 18.0 Å². The van der Waals surface area contributed by atoms with E-state index in [0.717, 1.165) is 10.5 Å². The van der Waals surface area contributed by atoms with Crippen molar-refractivity contribution in [2.24, 2.45) is 11.5 Å². The van der Waals surface area contributed by atoms with Crippen LogP contribution in [0.3, 0.4) is 0 Å². The molecule has 15 heteroatoms. The molecule has 1 amide bonds. The van der Waals surface area contributed by atoms with Crippen LogP contribution in [0.4, 0.5) is 0 Å². The predicted molar refractivity (Wildman–Crippen MR) is 173 cm³/mol. The smallest absolute Gasteiger partial charge is 0.350 e. The van der Waals surface area contributed by atoms with Crippen molar-refractivity contribution in [3.63, 3.8) is 0 Å². The summed E-state index contributed by atoms with van der Waals surface area (Å²) in [5.41, 5.74) is 12.3. The summed E-state index contributed by atoms with van der Waals surface area (Å²) >= 11 is 0. The molecule has 6 N–H and O–H groups in total. The Bertz CT molecular complexity index is 1600. The topological polar surface area (TPSA) is 196 Å². The molecule has 0 aromatic heterocycles. The number of halogens is 1. The summed E-state index contributed by atoms with van der Waals surface area (Å²) in [4.78, 5) is 28.2. The lowest BCUT2D eigenvalue weighted by molar-refractivity contribution is -0.145. The van der Waals surface area contributed by atoms with Crippen LogP contribution in [-0.2, 0) is 24.2 Å². The van der Waals surface area contributed by atoms with Crippen molar-refractivity contribution in [2.45, 2.75) is 36.1 Å². The number of hydrogen-bond acceptors (Lipinski definition) is 10. The second-order valence-corrected chi connectivity index (χ2v) is 12.0. The highest BCUT2D eigenvalue weighted by Gasteiger charge is 2.44. The Kier molecular flexibility index (Phi) is 13.9. The third-order valence-electron chi connectivity index (χ3n) is 6.77. The number of guanidine groups is 1. The number of nitrogens with two attached hydrogens (primary N) is 2. The number of benzene rings is 3. The molecule has 45 heavy (non-hydrogen) atoms. The van der Waals surface area contributed by atoms with E-state index in [0.29, 0.717) is 28.7 Å². The second-order valence-electron chi connectivity index (χ2n) is 9.96. The fourth-order valence-electron chi connectivity index (χ4n) is 4.54. The molecule has 0 radical (unpaired) electrons. The minimum Gasteiger partial charge on any atom is -0.493 e. The van der Waals surface area contributed by atoms with Gasteiger partial charge in [0.25, 0.3) is 0 Å². The number of fused-ring (bicyclic) bond motifs is 1. The van der Waals surface area contributed by atoms with Crippen LogP contribution < -0.4 is 31.0 Å². The number of sulfone groups is 1. The molecule has 0 aliphatic heterocycles. The van der Waals surface area contributed by atoms with Gasteiger partial charge < -0.3 is 40.6 Å². The van der Waals surface area contributed by atoms with E-state index in [4.69, 9.17) is 35.8 Å². The van der Waals surface area contributed by atoms with Crippen LogP contribution in [0.2, 0.25) is 0 Å². The number of carbonyl (C=O) groups excluding carboxylic acids is 2. The monoisotopic (exact) mass is 665 g/mol. The fourth-order valence-corrected chi connectivity index (χ4v) is 6.19. The molecular formula is C30H40ClN5O8S. The minimum atomic E-state index is -4.61. The van der Waals surface area contributed by atoms with Gasteiger partial charge in [0.15, 0.2) is 17.5 Å². The van der Waals surface area contributed by atoms with E-state index < -0.39 is 33.1 Å². The number of methoxy groups -OCH3 is 3. The first kappa shape index (κ1) is 37.1. The number of esters is 1. The highest BCUT2D eigenvalue weighted by molar-refractivity contribution is 7.92. The van der Waals surface area contributed by atoms with Crippen LogP contribution in [0.1, 0.15) is 18.4 Å². The molecule has 0 aliphatic rings. The van der Waals surface area contributed by atoms with E-state index >= 15 is 0 Å². The van der Waals surface area contributed by atoms with Crippen molar-refractivity contribution in [1.29, 1.82) is 5.41 Å². The normalized spacial score (nSPS) is 12.4. The average molecular weight is 666 g/mol. The quantitative estimate of drug-likeness (QED) is 0.0611. The summed E-state index contributed by atoms with van der Waals surface area (Å²) in [6.45, 7) is 1.72. The van der Waals surface area contributed by atoms with Crippen LogP contribution >= 0.6 is 12.4 Å². The molecule has 3 rings (SSSR count). The first-order valence-corrected chi connectivity index (χ1v) is 15.3. The van der Waals surface area contributed by atoms with Crippen LogP contribution in [-0.4, -0.2) is 83.6 Å². The summed E-state index contributed by atoms with van der Waals surface area (Å²) in [6, 6.07) is 13.0. The van der Waals surface area contributed by atoms with Crippen molar-refractivity contribution in [2.75, 3.05) is 41.0 Å². The maximum Gasteiger partial charge on any atom is 0.350 e. The van der Waals surface area contributed by atoms with Crippen molar-refractivity contribution >= 4 is 50.9 Å². The molecule has 0 aliphatic carbocycles. The molecule has 0 saturated carbocycles. The third kappa shape index (κ3) is 9.44. The predicted octanol–water partition coefficient (Wildman–Crippen LogP) is 2.36. The van der Waals surface area contributed by atoms with Gasteiger partial charge in [-0.15, -0.1) is 12.4 Å². The SMILES string of the molecule is COCCN(C(=O)[C@@H](N)CCCNC(=N)N)C(C(=O)Oc1cccc(C)c1)S(=O)(=O)c1ccc2cc(OC)c(OC)cc2c1.Cl. The van der Waals surface area contributed by atoms with Crippen molar-refractivity contribution in [3.05, 3.63) is 60.2 Å². The zero-order valence-electron chi connectivity index (χ0n) is 25.6. The molecule has 13 nitrogen and oxygen atoms in total. The van der Waals surface area contributed by atoms with Crippen molar-refractivity contribution in [1.82, 2.24) is 10.2 Å². The van der Waals surface area contributed by atoms with E-state index in [1.165, 1.54) is 39.5 Å². The Balaban J connectivity index is 0.00000705. The number of rotatable bonds is 15. The molecule has 0 saturated heterocycles. The number of amides is 1. The first-order chi connectivity index (χ1) is 20.9. The van der Waals surface area contributed by atoms with Gasteiger partial charge in [0.2, 0.25) is 21.1 Å². The summed E-state index contributed by atoms with van der Waals surface area (Å²) < 4.78 is 50.1. The molecule has 0 spiro atoms. The highest BCUT2D eigenvalue weighted by Crippen LogP contribution is 2.34. The lowest BCUT2D eigenvalue weighted by Crippen LogP contribution is -2.56. The Labute approximate surface area is 269 Å². The van der Waals surface area contributed by atoms with Crippen LogP contribution in [0.5, 0.6) is 17.2 Å². The molecule has 0 heterocycles. The lowest BCUT2D eigenvalue weighted by Gasteiger charge is -2.31. The number of carbonyl (C=O) groups is 2. The number of ether oxygens (including phenoxy) is 4. The molecule has 2 atom stereocenters. The Hall–Kier alpha value is -4.11. The lowest BCUT2D eigenvalue weighted by atomic mass is 10.1. The standard InChI is InChI=1S/C30H39N5O8S.ClH/c1-19-7-5-8-22(15-19)43-29(37)28(35(13-14-40-2)27(36)24(31)9-6-12-34-30(32)33)44(38,39)23-11-10-20-17-25(41-3)26(42-4)18-21(20)16-23;/h5,7-8,10-11,15-18,24,28H,6,9,12-14,31H2,1-4H3,(H4,32,33,34);1H/t24-,28?;/m0./s1. The molecule has 3 aromatic carbocycles. The molecular weight excluding hydrogens is 626 g/mol. The minimum absolute atomic E-state index is 0. The summed E-state index contributed by atoms with van der Waals surface area (Å²) in [6.07, 6.45) is 0.478. The molecule has 1 unspecified atom stereocenters. The Morgan fingerprint density at radius 2 is 1.67 bits per heavy atom. The maximum absolute atomic E-state index is 14.3. The van der Waals surface area contributed by atoms with Crippen LogP contribution in [0, 0.1) is 12.3 Å². The zero-order chi connectivity index (χ0) is 32.4. The van der Waals surface area contributed by atoms with Crippen LogP contribution in [0.25, 0.3) is 10.8 Å². The molecule has 0 fully saturated rings.